The maximum atomic E-state index is 11.5. The lowest BCUT2D eigenvalue weighted by atomic mass is 9.90. The lowest BCUT2D eigenvalue weighted by molar-refractivity contribution is -0.384. The Morgan fingerprint density at radius 3 is 2.75 bits per heavy atom. The lowest BCUT2D eigenvalue weighted by Crippen LogP contribution is -2.50. The summed E-state index contributed by atoms with van der Waals surface area (Å²) in [5.74, 6) is -1.20. The molecular formula is C11H12ClN3O5. The SMILES string of the molecule is O=C(O)C1(Nc2ncc(Cl)cc2[N+](=O)[O-])CCOCC1. The first-order valence-electron chi connectivity index (χ1n) is 5.84. The molecule has 1 aromatic rings. The van der Waals surface area contributed by atoms with Crippen LogP contribution in [-0.2, 0) is 9.53 Å². The minimum absolute atomic E-state index is 0.108. The number of nitrogens with one attached hydrogen (secondary N) is 1. The number of carbonyl (C=O) groups is 1. The van der Waals surface area contributed by atoms with Gasteiger partial charge in [0.25, 0.3) is 0 Å². The number of rotatable bonds is 4. The molecule has 1 aromatic heterocycles. The zero-order chi connectivity index (χ0) is 14.8. The van der Waals surface area contributed by atoms with Crippen molar-refractivity contribution in [1.29, 1.82) is 0 Å². The van der Waals surface area contributed by atoms with Gasteiger partial charge in [-0.15, -0.1) is 0 Å². The molecule has 1 fully saturated rings. The second-order valence-electron chi connectivity index (χ2n) is 4.40. The summed E-state index contributed by atoms with van der Waals surface area (Å²) >= 11 is 5.67. The number of carboxylic acid groups (broad SMARTS) is 1. The number of hydrogen-bond donors (Lipinski definition) is 2. The van der Waals surface area contributed by atoms with Gasteiger partial charge in [-0.2, -0.15) is 0 Å². The summed E-state index contributed by atoms with van der Waals surface area (Å²) in [5.41, 5.74) is -1.67. The van der Waals surface area contributed by atoms with Crippen molar-refractivity contribution in [2.45, 2.75) is 18.4 Å². The Morgan fingerprint density at radius 2 is 2.20 bits per heavy atom. The maximum absolute atomic E-state index is 11.5. The zero-order valence-corrected chi connectivity index (χ0v) is 11.1. The van der Waals surface area contributed by atoms with Gasteiger partial charge in [0.05, 0.1) is 9.95 Å². The molecule has 0 saturated carbocycles. The van der Waals surface area contributed by atoms with Crippen LogP contribution in [0.1, 0.15) is 12.8 Å². The molecule has 8 nitrogen and oxygen atoms in total. The van der Waals surface area contributed by atoms with Crippen molar-refractivity contribution in [2.75, 3.05) is 18.5 Å². The van der Waals surface area contributed by atoms with Crippen LogP contribution in [0.15, 0.2) is 12.3 Å². The van der Waals surface area contributed by atoms with Crippen LogP contribution in [0.4, 0.5) is 11.5 Å². The van der Waals surface area contributed by atoms with Crippen LogP contribution in [0.5, 0.6) is 0 Å². The molecule has 0 aliphatic carbocycles. The Morgan fingerprint density at radius 1 is 1.55 bits per heavy atom. The number of aromatic nitrogens is 1. The summed E-state index contributed by atoms with van der Waals surface area (Å²) in [6, 6.07) is 1.13. The van der Waals surface area contributed by atoms with Crippen LogP contribution >= 0.6 is 11.6 Å². The molecule has 0 unspecified atom stereocenters. The Kier molecular flexibility index (Phi) is 4.05. The number of nitrogens with zero attached hydrogens (tertiary/aromatic N) is 2. The molecular weight excluding hydrogens is 290 g/mol. The summed E-state index contributed by atoms with van der Waals surface area (Å²) in [6.07, 6.45) is 1.62. The zero-order valence-electron chi connectivity index (χ0n) is 10.3. The van der Waals surface area contributed by atoms with Gasteiger partial charge in [-0.3, -0.25) is 10.1 Å². The Labute approximate surface area is 118 Å². The van der Waals surface area contributed by atoms with Crippen LogP contribution in [-0.4, -0.2) is 39.7 Å². The Hall–Kier alpha value is -1.93. The highest BCUT2D eigenvalue weighted by molar-refractivity contribution is 6.30. The van der Waals surface area contributed by atoms with Crippen molar-refractivity contribution in [3.05, 3.63) is 27.4 Å². The van der Waals surface area contributed by atoms with Gasteiger partial charge in [0.2, 0.25) is 5.82 Å². The van der Waals surface area contributed by atoms with Crippen molar-refractivity contribution < 1.29 is 19.6 Å². The summed E-state index contributed by atoms with van der Waals surface area (Å²) in [6.45, 7) is 0.529. The first kappa shape index (κ1) is 14.5. The summed E-state index contributed by atoms with van der Waals surface area (Å²) in [4.78, 5) is 25.6. The third-order valence-electron chi connectivity index (χ3n) is 3.14. The summed E-state index contributed by atoms with van der Waals surface area (Å²) < 4.78 is 5.13. The molecule has 0 atom stereocenters. The molecule has 1 aliphatic rings. The highest BCUT2D eigenvalue weighted by Gasteiger charge is 2.41. The minimum Gasteiger partial charge on any atom is -0.480 e. The van der Waals surface area contributed by atoms with E-state index in [1.807, 2.05) is 0 Å². The number of aliphatic carboxylic acids is 1. The van der Waals surface area contributed by atoms with E-state index in [1.54, 1.807) is 0 Å². The average Bonchev–Trinajstić information content (AvgIpc) is 2.41. The van der Waals surface area contributed by atoms with Crippen molar-refractivity contribution >= 4 is 29.1 Å². The Bertz CT molecular complexity index is 545. The molecule has 0 radical (unpaired) electrons. The molecule has 20 heavy (non-hydrogen) atoms. The second-order valence-corrected chi connectivity index (χ2v) is 4.84. The average molecular weight is 302 g/mol. The fraction of sp³-hybridized carbons (Fsp3) is 0.455. The fourth-order valence-electron chi connectivity index (χ4n) is 2.00. The van der Waals surface area contributed by atoms with Gasteiger partial charge in [0.15, 0.2) is 0 Å². The number of halogens is 1. The number of pyridine rings is 1. The van der Waals surface area contributed by atoms with Crippen LogP contribution in [0, 0.1) is 10.1 Å². The maximum Gasteiger partial charge on any atom is 0.329 e. The smallest absolute Gasteiger partial charge is 0.329 e. The number of carboxylic acids is 1. The van der Waals surface area contributed by atoms with E-state index in [4.69, 9.17) is 16.3 Å². The van der Waals surface area contributed by atoms with E-state index in [1.165, 1.54) is 6.20 Å². The predicted octanol–water partition coefficient (Wildman–Crippen LogP) is 1.69. The molecule has 1 saturated heterocycles. The highest BCUT2D eigenvalue weighted by atomic mass is 35.5. The molecule has 0 amide bonds. The van der Waals surface area contributed by atoms with Crippen molar-refractivity contribution in [2.24, 2.45) is 0 Å². The van der Waals surface area contributed by atoms with E-state index >= 15 is 0 Å². The predicted molar refractivity (Wildman–Crippen MR) is 69.9 cm³/mol. The van der Waals surface area contributed by atoms with Crippen LogP contribution in [0.3, 0.4) is 0 Å². The highest BCUT2D eigenvalue weighted by Crippen LogP contribution is 2.31. The topological polar surface area (TPSA) is 115 Å². The van der Waals surface area contributed by atoms with Gasteiger partial charge >= 0.3 is 11.7 Å². The van der Waals surface area contributed by atoms with E-state index in [0.717, 1.165) is 6.07 Å². The van der Waals surface area contributed by atoms with Crippen LogP contribution < -0.4 is 5.32 Å². The molecule has 2 rings (SSSR count). The van der Waals surface area contributed by atoms with Crippen molar-refractivity contribution in [3.63, 3.8) is 0 Å². The fourth-order valence-corrected chi connectivity index (χ4v) is 2.16. The van der Waals surface area contributed by atoms with Gasteiger partial charge in [-0.05, 0) is 0 Å². The van der Waals surface area contributed by atoms with Gasteiger partial charge in [-0.1, -0.05) is 11.6 Å². The number of ether oxygens (including phenoxy) is 1. The monoisotopic (exact) mass is 301 g/mol. The van der Waals surface area contributed by atoms with Crippen LogP contribution in [0.25, 0.3) is 0 Å². The number of hydrogen-bond acceptors (Lipinski definition) is 6. The molecule has 0 spiro atoms. The standard InChI is InChI=1S/C11H12ClN3O5/c12-7-5-8(15(18)19)9(13-6-7)14-11(10(16)17)1-3-20-4-2-11/h5-6H,1-4H2,(H,13,14)(H,16,17). The lowest BCUT2D eigenvalue weighted by Gasteiger charge is -2.34. The first-order chi connectivity index (χ1) is 9.44. The molecule has 2 heterocycles. The minimum atomic E-state index is -1.32. The molecule has 9 heteroatoms. The summed E-state index contributed by atoms with van der Waals surface area (Å²) in [7, 11) is 0. The third-order valence-corrected chi connectivity index (χ3v) is 3.35. The van der Waals surface area contributed by atoms with E-state index < -0.39 is 16.4 Å². The van der Waals surface area contributed by atoms with Gasteiger partial charge in [-0.25, -0.2) is 9.78 Å². The molecule has 0 bridgehead atoms. The van der Waals surface area contributed by atoms with Crippen molar-refractivity contribution in [3.8, 4) is 0 Å². The van der Waals surface area contributed by atoms with E-state index in [0.29, 0.717) is 0 Å². The first-order valence-corrected chi connectivity index (χ1v) is 6.22. The van der Waals surface area contributed by atoms with Gasteiger partial charge in [0.1, 0.15) is 5.54 Å². The molecule has 1 aliphatic heterocycles. The molecule has 2 N–H and O–H groups in total. The second kappa shape index (κ2) is 5.59. The van der Waals surface area contributed by atoms with Gasteiger partial charge < -0.3 is 15.2 Å². The third kappa shape index (κ3) is 2.81. The number of nitro groups is 1. The quantitative estimate of drug-likeness (QED) is 0.642. The summed E-state index contributed by atoms with van der Waals surface area (Å²) in [5, 5.41) is 23.2. The normalized spacial score (nSPS) is 17.4. The Balaban J connectivity index is 2.36. The largest absolute Gasteiger partial charge is 0.480 e. The van der Waals surface area contributed by atoms with E-state index in [-0.39, 0.29) is 42.6 Å². The van der Waals surface area contributed by atoms with Crippen LogP contribution in [0.2, 0.25) is 5.02 Å². The van der Waals surface area contributed by atoms with Crippen molar-refractivity contribution in [1.82, 2.24) is 4.98 Å². The molecule has 0 aromatic carbocycles. The number of anilines is 1. The van der Waals surface area contributed by atoms with Gasteiger partial charge in [0, 0.05) is 38.3 Å². The molecule has 108 valence electrons. The van der Waals surface area contributed by atoms with E-state index in [9.17, 15) is 20.0 Å². The van der Waals surface area contributed by atoms with E-state index in [2.05, 4.69) is 10.3 Å².